The Hall–Kier alpha value is -0.430. The van der Waals surface area contributed by atoms with Crippen LogP contribution < -0.4 is 0 Å². The Morgan fingerprint density at radius 2 is 2.64 bits per heavy atom. The summed E-state index contributed by atoms with van der Waals surface area (Å²) in [5.74, 6) is 1.42. The van der Waals surface area contributed by atoms with Crippen LogP contribution in [0.15, 0.2) is 23.0 Å². The molecule has 1 fully saturated rings. The van der Waals surface area contributed by atoms with Crippen molar-refractivity contribution in [2.75, 3.05) is 5.88 Å². The molecule has 1 saturated carbocycles. The monoisotopic (exact) mass is 170 g/mol. The lowest BCUT2D eigenvalue weighted by Crippen LogP contribution is -2.02. The van der Waals surface area contributed by atoms with Crippen molar-refractivity contribution in [3.05, 3.63) is 24.2 Å². The zero-order valence-corrected chi connectivity index (χ0v) is 7.27. The Kier molecular flexibility index (Phi) is 1.50. The SMILES string of the molecule is CC1(c2ccoc2)CC1CCl. The molecule has 0 saturated heterocycles. The molecule has 0 radical (unpaired) electrons. The lowest BCUT2D eigenvalue weighted by Gasteiger charge is -2.05. The van der Waals surface area contributed by atoms with Gasteiger partial charge in [-0.1, -0.05) is 6.92 Å². The van der Waals surface area contributed by atoms with E-state index in [4.69, 9.17) is 16.0 Å². The molecule has 0 N–H and O–H groups in total. The van der Waals surface area contributed by atoms with Crippen molar-refractivity contribution >= 4 is 11.6 Å². The van der Waals surface area contributed by atoms with Gasteiger partial charge in [0.2, 0.25) is 0 Å². The fourth-order valence-electron chi connectivity index (χ4n) is 1.62. The summed E-state index contributed by atoms with van der Waals surface area (Å²) in [4.78, 5) is 0. The molecule has 1 aliphatic carbocycles. The Labute approximate surface area is 71.3 Å². The molecule has 2 heteroatoms. The number of hydrogen-bond donors (Lipinski definition) is 0. The summed E-state index contributed by atoms with van der Waals surface area (Å²) in [6.45, 7) is 2.24. The van der Waals surface area contributed by atoms with Crippen molar-refractivity contribution in [3.8, 4) is 0 Å². The second-order valence-electron chi connectivity index (χ2n) is 3.48. The number of alkyl halides is 1. The van der Waals surface area contributed by atoms with E-state index in [0.29, 0.717) is 11.3 Å². The Morgan fingerprint density at radius 1 is 1.82 bits per heavy atom. The molecule has 60 valence electrons. The normalized spacial score (nSPS) is 35.6. The zero-order valence-electron chi connectivity index (χ0n) is 6.51. The van der Waals surface area contributed by atoms with Crippen molar-refractivity contribution in [2.45, 2.75) is 18.8 Å². The van der Waals surface area contributed by atoms with Crippen LogP contribution in [0.1, 0.15) is 18.9 Å². The van der Waals surface area contributed by atoms with E-state index in [-0.39, 0.29) is 0 Å². The Morgan fingerprint density at radius 3 is 3.09 bits per heavy atom. The second-order valence-corrected chi connectivity index (χ2v) is 3.79. The van der Waals surface area contributed by atoms with E-state index in [1.807, 2.05) is 12.3 Å². The summed E-state index contributed by atoms with van der Waals surface area (Å²) in [7, 11) is 0. The average Bonchev–Trinajstić information content (AvgIpc) is 2.55. The highest BCUT2D eigenvalue weighted by molar-refractivity contribution is 6.18. The molecule has 0 aromatic carbocycles. The van der Waals surface area contributed by atoms with Crippen LogP contribution in [0.4, 0.5) is 0 Å². The standard InChI is InChI=1S/C9H11ClO/c1-9(4-8(9)5-10)7-2-3-11-6-7/h2-3,6,8H,4-5H2,1H3. The molecular weight excluding hydrogens is 160 g/mol. The smallest absolute Gasteiger partial charge is 0.0940 e. The van der Waals surface area contributed by atoms with Crippen molar-refractivity contribution in [3.63, 3.8) is 0 Å². The highest BCUT2D eigenvalue weighted by atomic mass is 35.5. The van der Waals surface area contributed by atoms with Crippen molar-refractivity contribution < 1.29 is 4.42 Å². The van der Waals surface area contributed by atoms with Gasteiger partial charge in [-0.3, -0.25) is 0 Å². The summed E-state index contributed by atoms with van der Waals surface area (Å²) in [6.07, 6.45) is 4.76. The maximum atomic E-state index is 5.77. The number of halogens is 1. The number of rotatable bonds is 2. The van der Waals surface area contributed by atoms with E-state index in [2.05, 4.69) is 6.92 Å². The van der Waals surface area contributed by atoms with Gasteiger partial charge < -0.3 is 4.42 Å². The van der Waals surface area contributed by atoms with Crippen LogP contribution >= 0.6 is 11.6 Å². The Balaban J connectivity index is 2.19. The molecule has 0 aliphatic heterocycles. The first-order chi connectivity index (χ1) is 5.27. The largest absolute Gasteiger partial charge is 0.472 e. The van der Waals surface area contributed by atoms with Crippen LogP contribution in [0.2, 0.25) is 0 Å². The first kappa shape index (κ1) is 7.23. The van der Waals surface area contributed by atoms with Gasteiger partial charge in [-0.05, 0) is 29.4 Å². The molecule has 2 rings (SSSR count). The zero-order chi connectivity index (χ0) is 7.90. The van der Waals surface area contributed by atoms with Crippen molar-refractivity contribution in [2.24, 2.45) is 5.92 Å². The topological polar surface area (TPSA) is 13.1 Å². The fourth-order valence-corrected chi connectivity index (χ4v) is 2.07. The molecule has 1 heterocycles. The fraction of sp³-hybridized carbons (Fsp3) is 0.556. The molecule has 0 spiro atoms. The van der Waals surface area contributed by atoms with Gasteiger partial charge >= 0.3 is 0 Å². The minimum Gasteiger partial charge on any atom is -0.472 e. The molecule has 1 aromatic rings. The van der Waals surface area contributed by atoms with Crippen LogP contribution in [0.3, 0.4) is 0 Å². The van der Waals surface area contributed by atoms with E-state index in [9.17, 15) is 0 Å². The van der Waals surface area contributed by atoms with Crippen molar-refractivity contribution in [1.82, 2.24) is 0 Å². The molecule has 11 heavy (non-hydrogen) atoms. The third-order valence-electron chi connectivity index (χ3n) is 2.78. The summed E-state index contributed by atoms with van der Waals surface area (Å²) in [5, 5.41) is 0. The molecule has 0 bridgehead atoms. The quantitative estimate of drug-likeness (QED) is 0.623. The maximum absolute atomic E-state index is 5.77. The van der Waals surface area contributed by atoms with Gasteiger partial charge in [0.1, 0.15) is 0 Å². The summed E-state index contributed by atoms with van der Waals surface area (Å²) in [6, 6.07) is 2.03. The summed E-state index contributed by atoms with van der Waals surface area (Å²) in [5.41, 5.74) is 1.61. The Bertz CT molecular complexity index is 242. The summed E-state index contributed by atoms with van der Waals surface area (Å²) < 4.78 is 5.03. The molecule has 1 nitrogen and oxygen atoms in total. The van der Waals surface area contributed by atoms with Gasteiger partial charge in [-0.2, -0.15) is 0 Å². The van der Waals surface area contributed by atoms with Gasteiger partial charge in [0.25, 0.3) is 0 Å². The second kappa shape index (κ2) is 2.28. The minimum atomic E-state index is 0.314. The number of furan rings is 1. The lowest BCUT2D eigenvalue weighted by molar-refractivity contribution is 0.556. The molecule has 1 aromatic heterocycles. The first-order valence-corrected chi connectivity index (χ1v) is 4.39. The van der Waals surface area contributed by atoms with E-state index in [1.165, 1.54) is 12.0 Å². The minimum absolute atomic E-state index is 0.314. The van der Waals surface area contributed by atoms with Gasteiger partial charge in [0.05, 0.1) is 12.5 Å². The van der Waals surface area contributed by atoms with E-state index in [1.54, 1.807) is 6.26 Å². The predicted molar refractivity (Wildman–Crippen MR) is 44.9 cm³/mol. The van der Waals surface area contributed by atoms with Crippen LogP contribution in [0.25, 0.3) is 0 Å². The van der Waals surface area contributed by atoms with Crippen LogP contribution in [-0.2, 0) is 5.41 Å². The maximum Gasteiger partial charge on any atom is 0.0940 e. The third-order valence-corrected chi connectivity index (χ3v) is 3.15. The lowest BCUT2D eigenvalue weighted by atomic mass is 9.99. The first-order valence-electron chi connectivity index (χ1n) is 3.86. The van der Waals surface area contributed by atoms with Crippen molar-refractivity contribution in [1.29, 1.82) is 0 Å². The third kappa shape index (κ3) is 0.987. The average molecular weight is 171 g/mol. The van der Waals surface area contributed by atoms with Crippen LogP contribution in [-0.4, -0.2) is 5.88 Å². The summed E-state index contributed by atoms with van der Waals surface area (Å²) >= 11 is 5.77. The highest BCUT2D eigenvalue weighted by Crippen LogP contribution is 2.54. The van der Waals surface area contributed by atoms with Gasteiger partial charge in [-0.15, -0.1) is 11.6 Å². The highest BCUT2D eigenvalue weighted by Gasteiger charge is 2.50. The van der Waals surface area contributed by atoms with E-state index < -0.39 is 0 Å². The van der Waals surface area contributed by atoms with Gasteiger partial charge in [-0.25, -0.2) is 0 Å². The number of hydrogen-bond acceptors (Lipinski definition) is 1. The molecule has 2 atom stereocenters. The predicted octanol–water partition coefficient (Wildman–Crippen LogP) is 2.80. The van der Waals surface area contributed by atoms with Gasteiger partial charge in [0, 0.05) is 5.88 Å². The van der Waals surface area contributed by atoms with E-state index in [0.717, 1.165) is 5.88 Å². The van der Waals surface area contributed by atoms with Crippen LogP contribution in [0.5, 0.6) is 0 Å². The molecule has 1 aliphatic rings. The van der Waals surface area contributed by atoms with E-state index >= 15 is 0 Å². The van der Waals surface area contributed by atoms with Gasteiger partial charge in [0.15, 0.2) is 0 Å². The molecule has 2 unspecified atom stereocenters. The molecule has 0 amide bonds. The van der Waals surface area contributed by atoms with Crippen LogP contribution in [0, 0.1) is 5.92 Å². The molecular formula is C9H11ClO.